The summed E-state index contributed by atoms with van der Waals surface area (Å²) in [4.78, 5) is 6.95. The Bertz CT molecular complexity index is 802. The topological polar surface area (TPSA) is 43.3 Å². The molecule has 2 aromatic rings. The molecule has 0 spiro atoms. The van der Waals surface area contributed by atoms with Crippen LogP contribution in [0.25, 0.3) is 0 Å². The summed E-state index contributed by atoms with van der Waals surface area (Å²) in [6, 6.07) is 12.3. The summed E-state index contributed by atoms with van der Waals surface area (Å²) >= 11 is 2.29. The minimum Gasteiger partial charge on any atom is -0.493 e. The van der Waals surface area contributed by atoms with Crippen LogP contribution in [-0.2, 0) is 4.74 Å². The standard InChI is InChI=1S/C22H27IN2O3/c1-4-16(2)28-22-20(23)13-17(14-21(22)26-3)15-24-18-5-7-19(8-6-18)25-9-11-27-12-10-25/h5-8,13-16H,4,9-12H2,1-3H3/t16-/m0/s1. The Kier molecular flexibility index (Phi) is 7.56. The highest BCUT2D eigenvalue weighted by molar-refractivity contribution is 14.1. The van der Waals surface area contributed by atoms with Gasteiger partial charge >= 0.3 is 0 Å². The van der Waals surface area contributed by atoms with Gasteiger partial charge < -0.3 is 19.1 Å². The fourth-order valence-electron chi connectivity index (χ4n) is 2.93. The molecule has 150 valence electrons. The molecule has 1 aliphatic heterocycles. The molecule has 3 rings (SSSR count). The van der Waals surface area contributed by atoms with E-state index in [1.165, 1.54) is 5.69 Å². The monoisotopic (exact) mass is 494 g/mol. The number of hydrogen-bond donors (Lipinski definition) is 0. The summed E-state index contributed by atoms with van der Waals surface area (Å²) < 4.78 is 18.0. The molecule has 1 atom stereocenters. The maximum Gasteiger partial charge on any atom is 0.174 e. The van der Waals surface area contributed by atoms with Gasteiger partial charge in [0.1, 0.15) is 0 Å². The van der Waals surface area contributed by atoms with E-state index in [1.807, 2.05) is 24.4 Å². The molecule has 6 heteroatoms. The first-order valence-corrected chi connectivity index (χ1v) is 10.7. The summed E-state index contributed by atoms with van der Waals surface area (Å²) in [5.74, 6) is 1.53. The molecule has 1 aliphatic rings. The average Bonchev–Trinajstić information content (AvgIpc) is 2.74. The Hall–Kier alpha value is -1.80. The summed E-state index contributed by atoms with van der Waals surface area (Å²) in [6.45, 7) is 7.62. The van der Waals surface area contributed by atoms with E-state index >= 15 is 0 Å². The van der Waals surface area contributed by atoms with E-state index in [1.54, 1.807) is 7.11 Å². The van der Waals surface area contributed by atoms with Gasteiger partial charge in [0.2, 0.25) is 0 Å². The van der Waals surface area contributed by atoms with Crippen LogP contribution in [0.5, 0.6) is 11.5 Å². The second-order valence-corrected chi connectivity index (χ2v) is 7.91. The van der Waals surface area contributed by atoms with Crippen molar-refractivity contribution in [2.75, 3.05) is 38.3 Å². The first-order chi connectivity index (χ1) is 13.6. The van der Waals surface area contributed by atoms with E-state index in [-0.39, 0.29) is 6.10 Å². The molecule has 1 fully saturated rings. The third kappa shape index (κ3) is 5.38. The smallest absolute Gasteiger partial charge is 0.174 e. The fraction of sp³-hybridized carbons (Fsp3) is 0.409. The number of rotatable bonds is 7. The SMILES string of the molecule is CC[C@H](C)Oc1c(I)cc(C=Nc2ccc(N3CCOCC3)cc2)cc1OC. The van der Waals surface area contributed by atoms with Crippen molar-refractivity contribution < 1.29 is 14.2 Å². The Morgan fingerprint density at radius 3 is 2.57 bits per heavy atom. The largest absolute Gasteiger partial charge is 0.493 e. The van der Waals surface area contributed by atoms with Gasteiger partial charge in [-0.25, -0.2) is 0 Å². The van der Waals surface area contributed by atoms with Crippen LogP contribution >= 0.6 is 22.6 Å². The zero-order valence-electron chi connectivity index (χ0n) is 16.7. The van der Waals surface area contributed by atoms with Crippen molar-refractivity contribution >= 4 is 40.2 Å². The minimum absolute atomic E-state index is 0.145. The van der Waals surface area contributed by atoms with Crippen LogP contribution in [0.15, 0.2) is 41.4 Å². The van der Waals surface area contributed by atoms with Crippen molar-refractivity contribution in [1.29, 1.82) is 0 Å². The third-order valence-corrected chi connectivity index (χ3v) is 5.54. The molecular weight excluding hydrogens is 467 g/mol. The van der Waals surface area contributed by atoms with Crippen LogP contribution in [-0.4, -0.2) is 45.7 Å². The van der Waals surface area contributed by atoms with E-state index in [9.17, 15) is 0 Å². The van der Waals surface area contributed by atoms with Crippen LogP contribution in [0.3, 0.4) is 0 Å². The molecule has 0 N–H and O–H groups in total. The zero-order chi connectivity index (χ0) is 19.9. The number of aliphatic imine (C=N–C) groups is 1. The van der Waals surface area contributed by atoms with Crippen LogP contribution in [0, 0.1) is 3.57 Å². The van der Waals surface area contributed by atoms with Gasteiger partial charge in [0.05, 0.1) is 35.7 Å². The van der Waals surface area contributed by atoms with Crippen molar-refractivity contribution in [3.63, 3.8) is 0 Å². The Balaban J connectivity index is 1.73. The predicted molar refractivity (Wildman–Crippen MR) is 123 cm³/mol. The van der Waals surface area contributed by atoms with Gasteiger partial charge in [-0.2, -0.15) is 0 Å². The first-order valence-electron chi connectivity index (χ1n) is 9.61. The molecular formula is C22H27IN2O3. The van der Waals surface area contributed by atoms with E-state index in [0.717, 1.165) is 59.0 Å². The quantitative estimate of drug-likeness (QED) is 0.399. The normalized spacial score (nSPS) is 15.6. The number of anilines is 1. The molecule has 1 heterocycles. The van der Waals surface area contributed by atoms with Gasteiger partial charge in [0.25, 0.3) is 0 Å². The maximum absolute atomic E-state index is 6.01. The van der Waals surface area contributed by atoms with Crippen molar-refractivity contribution in [3.8, 4) is 11.5 Å². The molecule has 1 saturated heterocycles. The Morgan fingerprint density at radius 2 is 1.93 bits per heavy atom. The predicted octanol–water partition coefficient (Wildman–Crippen LogP) is 5.06. The highest BCUT2D eigenvalue weighted by Gasteiger charge is 2.14. The van der Waals surface area contributed by atoms with Crippen LogP contribution in [0.2, 0.25) is 0 Å². The van der Waals surface area contributed by atoms with Gasteiger partial charge in [-0.1, -0.05) is 6.92 Å². The lowest BCUT2D eigenvalue weighted by Crippen LogP contribution is -2.36. The van der Waals surface area contributed by atoms with Gasteiger partial charge in [-0.15, -0.1) is 0 Å². The number of morpholine rings is 1. The van der Waals surface area contributed by atoms with Gasteiger partial charge in [0, 0.05) is 25.0 Å². The molecule has 5 nitrogen and oxygen atoms in total. The molecule has 0 radical (unpaired) electrons. The van der Waals surface area contributed by atoms with Crippen molar-refractivity contribution in [2.45, 2.75) is 26.4 Å². The van der Waals surface area contributed by atoms with E-state index in [0.29, 0.717) is 0 Å². The number of ether oxygens (including phenoxy) is 3. The first kappa shape index (κ1) is 20.9. The molecule has 2 aromatic carbocycles. The maximum atomic E-state index is 6.01. The zero-order valence-corrected chi connectivity index (χ0v) is 18.8. The minimum atomic E-state index is 0.145. The lowest BCUT2D eigenvalue weighted by Gasteiger charge is -2.28. The Labute approximate surface area is 180 Å². The summed E-state index contributed by atoms with van der Waals surface area (Å²) in [6.07, 6.45) is 2.96. The number of halogens is 1. The average molecular weight is 494 g/mol. The van der Waals surface area contributed by atoms with Crippen LogP contribution in [0.4, 0.5) is 11.4 Å². The summed E-state index contributed by atoms with van der Waals surface area (Å²) in [7, 11) is 1.67. The number of benzene rings is 2. The van der Waals surface area contributed by atoms with Crippen LogP contribution in [0.1, 0.15) is 25.8 Å². The molecule has 0 saturated carbocycles. The van der Waals surface area contributed by atoms with Gasteiger partial charge in [0.15, 0.2) is 11.5 Å². The van der Waals surface area contributed by atoms with Crippen LogP contribution < -0.4 is 14.4 Å². The third-order valence-electron chi connectivity index (χ3n) is 4.73. The van der Waals surface area contributed by atoms with E-state index in [4.69, 9.17) is 14.2 Å². The number of nitrogens with zero attached hydrogens (tertiary/aromatic N) is 2. The number of hydrogen-bond acceptors (Lipinski definition) is 5. The lowest BCUT2D eigenvalue weighted by atomic mass is 10.2. The van der Waals surface area contributed by atoms with Crippen molar-refractivity contribution in [3.05, 3.63) is 45.5 Å². The van der Waals surface area contributed by atoms with Gasteiger partial charge in [-0.05, 0) is 77.9 Å². The second kappa shape index (κ2) is 10.1. The molecule has 0 unspecified atom stereocenters. The molecule has 0 aliphatic carbocycles. The summed E-state index contributed by atoms with van der Waals surface area (Å²) in [5.41, 5.74) is 3.12. The van der Waals surface area contributed by atoms with E-state index in [2.05, 4.69) is 64.5 Å². The summed E-state index contributed by atoms with van der Waals surface area (Å²) in [5, 5.41) is 0. The molecule has 28 heavy (non-hydrogen) atoms. The van der Waals surface area contributed by atoms with Crippen molar-refractivity contribution in [2.24, 2.45) is 4.99 Å². The number of methoxy groups -OCH3 is 1. The van der Waals surface area contributed by atoms with E-state index < -0.39 is 0 Å². The highest BCUT2D eigenvalue weighted by Crippen LogP contribution is 2.34. The fourth-order valence-corrected chi connectivity index (χ4v) is 3.69. The second-order valence-electron chi connectivity index (χ2n) is 6.74. The molecule has 0 bridgehead atoms. The molecule has 0 aromatic heterocycles. The van der Waals surface area contributed by atoms with Crippen molar-refractivity contribution in [1.82, 2.24) is 0 Å². The Morgan fingerprint density at radius 1 is 1.21 bits per heavy atom. The lowest BCUT2D eigenvalue weighted by molar-refractivity contribution is 0.122. The van der Waals surface area contributed by atoms with Gasteiger partial charge in [-0.3, -0.25) is 4.99 Å². The molecule has 0 amide bonds. The highest BCUT2D eigenvalue weighted by atomic mass is 127.